The Kier molecular flexibility index (Phi) is 9.84. The van der Waals surface area contributed by atoms with Crippen molar-refractivity contribution in [2.24, 2.45) is 0 Å². The average Bonchev–Trinajstić information content (AvgIpc) is 1.78. The monoisotopic (exact) mass is 191 g/mol. The molecule has 0 fully saturated rings. The molecule has 0 saturated carbocycles. The first-order valence-electron chi connectivity index (χ1n) is 3.16. The van der Waals surface area contributed by atoms with E-state index in [-0.39, 0.29) is 36.7 Å². The van der Waals surface area contributed by atoms with Gasteiger partial charge in [0, 0.05) is 0 Å². The molecule has 0 spiro atoms. The van der Waals surface area contributed by atoms with Gasteiger partial charge < -0.3 is 6.74 Å². The molecule has 0 aliphatic rings. The van der Waals surface area contributed by atoms with Crippen LogP contribution in [0.2, 0.25) is 0 Å². The Morgan fingerprint density at radius 2 is 2.00 bits per heavy atom. The van der Waals surface area contributed by atoms with Gasteiger partial charge in [0.05, 0.1) is 5.75 Å². The van der Waals surface area contributed by atoms with Crippen molar-refractivity contribution in [3.63, 3.8) is 0 Å². The fourth-order valence-corrected chi connectivity index (χ4v) is 1.16. The maximum Gasteiger partial charge on any atom is 1.00 e. The number of unbranched alkanes of at least 4 members (excludes halogenated alkanes) is 1. The fraction of sp³-hybridized carbons (Fsp3) is 1.00. The van der Waals surface area contributed by atoms with Gasteiger partial charge in [-0.05, 0) is 26.4 Å². The van der Waals surface area contributed by atoms with Crippen LogP contribution in [0.25, 0.3) is 0 Å². The standard InChI is InChI=1S/C5H13NO3S.Na.H/c1-6-4-2-3-5-10(7,8)9;;/h6H,2-5H2,1H3,(H,7,8,9);;/q;+1;-1. The molecule has 0 radical (unpaired) electrons. The summed E-state index contributed by atoms with van der Waals surface area (Å²) < 4.78 is 28.5. The van der Waals surface area contributed by atoms with Gasteiger partial charge in [-0.15, -0.1) is 0 Å². The average molecular weight is 191 g/mol. The number of hydrogen-bond donors (Lipinski definition) is 2. The summed E-state index contributed by atoms with van der Waals surface area (Å²) in [4.78, 5) is 0. The molecule has 0 heterocycles. The van der Waals surface area contributed by atoms with E-state index in [0.717, 1.165) is 13.0 Å². The van der Waals surface area contributed by atoms with Crippen molar-refractivity contribution >= 4 is 10.1 Å². The summed E-state index contributed by atoms with van der Waals surface area (Å²) in [5.41, 5.74) is 0. The summed E-state index contributed by atoms with van der Waals surface area (Å²) in [6.07, 6.45) is 1.29. The van der Waals surface area contributed by atoms with E-state index in [9.17, 15) is 8.42 Å². The largest absolute Gasteiger partial charge is 1.00 e. The van der Waals surface area contributed by atoms with E-state index in [1.54, 1.807) is 7.05 Å². The molecule has 0 aromatic rings. The minimum atomic E-state index is -3.73. The van der Waals surface area contributed by atoms with Gasteiger partial charge in [-0.3, -0.25) is 4.55 Å². The van der Waals surface area contributed by atoms with Gasteiger partial charge in [-0.2, -0.15) is 8.42 Å². The second kappa shape index (κ2) is 7.52. The Bertz CT molecular complexity index is 174. The third-order valence-electron chi connectivity index (χ3n) is 1.08. The fourth-order valence-electron chi connectivity index (χ4n) is 0.586. The van der Waals surface area contributed by atoms with Gasteiger partial charge in [-0.1, -0.05) is 0 Å². The van der Waals surface area contributed by atoms with Crippen molar-refractivity contribution in [1.29, 1.82) is 0 Å². The van der Waals surface area contributed by atoms with Crippen molar-refractivity contribution in [2.75, 3.05) is 19.3 Å². The molecule has 6 heteroatoms. The molecule has 2 N–H and O–H groups in total. The van der Waals surface area contributed by atoms with Crippen LogP contribution in [0.4, 0.5) is 0 Å². The molecular formula is C5H14NNaO3S. The second-order valence-corrected chi connectivity index (χ2v) is 3.67. The summed E-state index contributed by atoms with van der Waals surface area (Å²) in [6.45, 7) is 0.787. The van der Waals surface area contributed by atoms with E-state index in [4.69, 9.17) is 4.55 Å². The zero-order valence-corrected chi connectivity index (χ0v) is 9.82. The number of nitrogens with one attached hydrogen (secondary N) is 1. The second-order valence-electron chi connectivity index (χ2n) is 2.10. The smallest absolute Gasteiger partial charge is 1.00 e. The Morgan fingerprint density at radius 3 is 2.36 bits per heavy atom. The van der Waals surface area contributed by atoms with Crippen molar-refractivity contribution in [3.05, 3.63) is 0 Å². The summed E-state index contributed by atoms with van der Waals surface area (Å²) in [5.74, 6) is -0.130. The van der Waals surface area contributed by atoms with Gasteiger partial charge in [0.15, 0.2) is 0 Å². The van der Waals surface area contributed by atoms with Crippen molar-refractivity contribution < 1.29 is 44.0 Å². The Hall–Kier alpha value is 0.870. The Balaban J connectivity index is -0.000000405. The van der Waals surface area contributed by atoms with Crippen LogP contribution >= 0.6 is 0 Å². The zero-order chi connectivity index (χ0) is 8.04. The molecular weight excluding hydrogens is 177 g/mol. The molecule has 64 valence electrons. The summed E-state index contributed by atoms with van der Waals surface area (Å²) in [7, 11) is -1.93. The summed E-state index contributed by atoms with van der Waals surface area (Å²) in [6, 6.07) is 0. The normalized spacial score (nSPS) is 10.7. The van der Waals surface area contributed by atoms with Crippen molar-refractivity contribution in [2.45, 2.75) is 12.8 Å². The van der Waals surface area contributed by atoms with Crippen LogP contribution in [-0.2, 0) is 10.1 Å². The van der Waals surface area contributed by atoms with E-state index in [1.807, 2.05) is 0 Å². The molecule has 0 rings (SSSR count). The molecule has 0 bridgehead atoms. The summed E-state index contributed by atoms with van der Waals surface area (Å²) >= 11 is 0. The van der Waals surface area contributed by atoms with Crippen molar-refractivity contribution in [1.82, 2.24) is 5.32 Å². The van der Waals surface area contributed by atoms with Crippen LogP contribution in [-0.4, -0.2) is 32.3 Å². The van der Waals surface area contributed by atoms with Gasteiger partial charge in [0.25, 0.3) is 10.1 Å². The third-order valence-corrected chi connectivity index (χ3v) is 1.88. The van der Waals surface area contributed by atoms with E-state index < -0.39 is 10.1 Å². The maximum atomic E-state index is 10.1. The first-order valence-corrected chi connectivity index (χ1v) is 4.77. The van der Waals surface area contributed by atoms with Crippen molar-refractivity contribution in [3.8, 4) is 0 Å². The van der Waals surface area contributed by atoms with Crippen LogP contribution in [0, 0.1) is 0 Å². The van der Waals surface area contributed by atoms with E-state index >= 15 is 0 Å². The van der Waals surface area contributed by atoms with Crippen LogP contribution < -0.4 is 34.9 Å². The quantitative estimate of drug-likeness (QED) is 0.276. The van der Waals surface area contributed by atoms with E-state index in [2.05, 4.69) is 5.32 Å². The van der Waals surface area contributed by atoms with Crippen LogP contribution in [0.15, 0.2) is 0 Å². The molecule has 0 unspecified atom stereocenters. The molecule has 0 saturated heterocycles. The van der Waals surface area contributed by atoms with Crippen LogP contribution in [0.3, 0.4) is 0 Å². The minimum Gasteiger partial charge on any atom is -1.00 e. The SMILES string of the molecule is CNCCCCS(=O)(=O)O.[H-].[Na+]. The minimum absolute atomic E-state index is 0. The third kappa shape index (κ3) is 13.8. The predicted octanol–water partition coefficient (Wildman–Crippen LogP) is -3.01. The van der Waals surface area contributed by atoms with E-state index in [0.29, 0.717) is 6.42 Å². The van der Waals surface area contributed by atoms with Gasteiger partial charge in [-0.25, -0.2) is 0 Å². The molecule has 0 atom stereocenters. The number of hydrogen-bond acceptors (Lipinski definition) is 3. The zero-order valence-electron chi connectivity index (χ0n) is 8.00. The first-order chi connectivity index (χ1) is 4.56. The molecule has 11 heavy (non-hydrogen) atoms. The molecule has 0 aromatic heterocycles. The Morgan fingerprint density at radius 1 is 1.45 bits per heavy atom. The molecule has 0 aromatic carbocycles. The van der Waals surface area contributed by atoms with Gasteiger partial charge in [0.1, 0.15) is 0 Å². The van der Waals surface area contributed by atoms with E-state index in [1.165, 1.54) is 0 Å². The number of rotatable bonds is 5. The first kappa shape index (κ1) is 14.4. The van der Waals surface area contributed by atoms with Gasteiger partial charge in [0.2, 0.25) is 0 Å². The van der Waals surface area contributed by atoms with Crippen LogP contribution in [0.1, 0.15) is 14.3 Å². The topological polar surface area (TPSA) is 66.4 Å². The molecule has 0 amide bonds. The summed E-state index contributed by atoms with van der Waals surface area (Å²) in [5, 5.41) is 2.88. The van der Waals surface area contributed by atoms with Crippen LogP contribution in [0.5, 0.6) is 0 Å². The maximum absolute atomic E-state index is 10.1. The molecule has 0 aliphatic carbocycles. The molecule has 4 nitrogen and oxygen atoms in total. The molecule has 0 aliphatic heterocycles. The van der Waals surface area contributed by atoms with Gasteiger partial charge >= 0.3 is 29.6 Å². The Labute approximate surface area is 91.3 Å². The predicted molar refractivity (Wildman–Crippen MR) is 40.7 cm³/mol.